The monoisotopic (exact) mass is 475 g/mol. The molecule has 5 nitrogen and oxygen atoms in total. The number of benzene rings is 2. The molecule has 3 aliphatic rings. The molecule has 176 valence electrons. The maximum absolute atomic E-state index is 13.0. The summed E-state index contributed by atoms with van der Waals surface area (Å²) in [5, 5.41) is 3.22. The fourth-order valence-corrected chi connectivity index (χ4v) is 6.46. The maximum Gasteiger partial charge on any atom is 0.337 e. The summed E-state index contributed by atoms with van der Waals surface area (Å²) in [5.74, 6) is 0.317. The van der Waals surface area contributed by atoms with Crippen molar-refractivity contribution in [3.63, 3.8) is 0 Å². The van der Waals surface area contributed by atoms with E-state index in [1.54, 1.807) is 6.92 Å². The number of esters is 2. The molecule has 0 aromatic heterocycles. The van der Waals surface area contributed by atoms with Gasteiger partial charge in [0, 0.05) is 16.3 Å². The minimum absolute atomic E-state index is 0.203. The molecule has 5 rings (SSSR count). The molecule has 2 aromatic carbocycles. The highest BCUT2D eigenvalue weighted by atomic mass is 32.2. The lowest BCUT2D eigenvalue weighted by molar-refractivity contribution is -0.138. The second kappa shape index (κ2) is 9.71. The van der Waals surface area contributed by atoms with E-state index < -0.39 is 11.9 Å². The SMILES string of the molecule is CCOC(=O)C1=C(C)NC2=C(C(=O)OC2)C1c1ccccc1SCC1CCc2ccccc2C1. The van der Waals surface area contributed by atoms with E-state index in [-0.39, 0.29) is 19.2 Å². The molecule has 1 aliphatic carbocycles. The summed E-state index contributed by atoms with van der Waals surface area (Å²) in [5.41, 5.74) is 6.34. The smallest absolute Gasteiger partial charge is 0.337 e. The van der Waals surface area contributed by atoms with E-state index in [0.717, 1.165) is 34.8 Å². The summed E-state index contributed by atoms with van der Waals surface area (Å²) in [6.45, 7) is 4.13. The third-order valence-corrected chi connectivity index (χ3v) is 8.18. The normalized spacial score (nSPS) is 21.5. The summed E-state index contributed by atoms with van der Waals surface area (Å²) in [4.78, 5) is 26.9. The van der Waals surface area contributed by atoms with Gasteiger partial charge in [0.15, 0.2) is 0 Å². The van der Waals surface area contributed by atoms with Gasteiger partial charge in [-0.2, -0.15) is 0 Å². The molecular weight excluding hydrogens is 446 g/mol. The molecule has 2 unspecified atom stereocenters. The zero-order chi connectivity index (χ0) is 23.7. The van der Waals surface area contributed by atoms with E-state index in [0.29, 0.717) is 22.8 Å². The molecule has 0 radical (unpaired) electrons. The number of carbonyl (C=O) groups is 2. The number of aryl methyl sites for hydroxylation is 1. The van der Waals surface area contributed by atoms with Gasteiger partial charge in [0.05, 0.1) is 29.4 Å². The number of ether oxygens (including phenoxy) is 2. The predicted molar refractivity (Wildman–Crippen MR) is 132 cm³/mol. The lowest BCUT2D eigenvalue weighted by Gasteiger charge is -2.29. The summed E-state index contributed by atoms with van der Waals surface area (Å²) < 4.78 is 10.8. The second-order valence-corrected chi connectivity index (χ2v) is 10.1. The number of cyclic esters (lactones) is 1. The zero-order valence-electron chi connectivity index (χ0n) is 19.6. The van der Waals surface area contributed by atoms with Gasteiger partial charge in [-0.1, -0.05) is 42.5 Å². The molecular formula is C28H29NO4S. The second-order valence-electron chi connectivity index (χ2n) is 9.01. The van der Waals surface area contributed by atoms with Crippen LogP contribution in [0.3, 0.4) is 0 Å². The van der Waals surface area contributed by atoms with Gasteiger partial charge in [0.1, 0.15) is 6.61 Å². The molecule has 2 heterocycles. The van der Waals surface area contributed by atoms with Crippen LogP contribution in [-0.2, 0) is 31.9 Å². The van der Waals surface area contributed by atoms with E-state index in [1.807, 2.05) is 36.9 Å². The van der Waals surface area contributed by atoms with Crippen molar-refractivity contribution in [2.24, 2.45) is 5.92 Å². The minimum atomic E-state index is -0.499. The first kappa shape index (κ1) is 22.8. The van der Waals surface area contributed by atoms with Crippen molar-refractivity contribution in [1.29, 1.82) is 0 Å². The molecule has 2 aromatic rings. The van der Waals surface area contributed by atoms with Crippen molar-refractivity contribution in [3.05, 3.63) is 87.8 Å². The van der Waals surface area contributed by atoms with Crippen molar-refractivity contribution in [2.45, 2.75) is 43.9 Å². The van der Waals surface area contributed by atoms with Gasteiger partial charge >= 0.3 is 11.9 Å². The molecule has 34 heavy (non-hydrogen) atoms. The number of carbonyl (C=O) groups excluding carboxylic acids is 2. The minimum Gasteiger partial charge on any atom is -0.463 e. The van der Waals surface area contributed by atoms with E-state index in [9.17, 15) is 9.59 Å². The summed E-state index contributed by atoms with van der Waals surface area (Å²) >= 11 is 1.82. The fraction of sp³-hybridized carbons (Fsp3) is 0.357. The van der Waals surface area contributed by atoms with Crippen LogP contribution in [0.25, 0.3) is 0 Å². The first-order chi connectivity index (χ1) is 16.6. The Kier molecular flexibility index (Phi) is 6.50. The highest BCUT2D eigenvalue weighted by Crippen LogP contribution is 2.45. The van der Waals surface area contributed by atoms with Gasteiger partial charge in [-0.25, -0.2) is 9.59 Å². The number of hydrogen-bond acceptors (Lipinski definition) is 6. The van der Waals surface area contributed by atoms with Gasteiger partial charge < -0.3 is 14.8 Å². The number of hydrogen-bond donors (Lipinski definition) is 1. The number of rotatable bonds is 6. The molecule has 2 aliphatic heterocycles. The highest BCUT2D eigenvalue weighted by Gasteiger charge is 2.42. The number of nitrogens with one attached hydrogen (secondary N) is 1. The molecule has 1 N–H and O–H groups in total. The Labute approximate surface area is 204 Å². The van der Waals surface area contributed by atoms with Crippen LogP contribution < -0.4 is 5.32 Å². The van der Waals surface area contributed by atoms with Crippen LogP contribution in [0.2, 0.25) is 0 Å². The Morgan fingerprint density at radius 2 is 1.91 bits per heavy atom. The first-order valence-corrected chi connectivity index (χ1v) is 12.9. The van der Waals surface area contributed by atoms with Crippen LogP contribution >= 0.6 is 11.8 Å². The van der Waals surface area contributed by atoms with Crippen LogP contribution in [0.4, 0.5) is 0 Å². The molecule has 0 fully saturated rings. The molecule has 0 saturated heterocycles. The Balaban J connectivity index is 1.45. The Morgan fingerprint density at radius 3 is 2.74 bits per heavy atom. The van der Waals surface area contributed by atoms with Crippen molar-refractivity contribution >= 4 is 23.7 Å². The predicted octanol–water partition coefficient (Wildman–Crippen LogP) is 4.92. The standard InChI is InChI=1S/C28H29NO4S/c1-3-32-27(30)24-17(2)29-22-15-33-28(31)26(22)25(24)21-10-6-7-11-23(21)34-16-18-12-13-19-8-4-5-9-20(19)14-18/h4-11,18,25,29H,3,12-16H2,1-2H3. The van der Waals surface area contributed by atoms with E-state index >= 15 is 0 Å². The molecule has 0 amide bonds. The third-order valence-electron chi connectivity index (χ3n) is 6.86. The Bertz CT molecular complexity index is 1200. The van der Waals surface area contributed by atoms with Gasteiger partial charge in [-0.05, 0) is 61.8 Å². The van der Waals surface area contributed by atoms with Crippen molar-refractivity contribution in [1.82, 2.24) is 5.32 Å². The van der Waals surface area contributed by atoms with Crippen molar-refractivity contribution in [3.8, 4) is 0 Å². The van der Waals surface area contributed by atoms with Gasteiger partial charge in [-0.3, -0.25) is 0 Å². The quantitative estimate of drug-likeness (QED) is 0.473. The fourth-order valence-electron chi connectivity index (χ4n) is 5.23. The Hall–Kier alpha value is -2.99. The average Bonchev–Trinajstić information content (AvgIpc) is 3.22. The van der Waals surface area contributed by atoms with E-state index in [2.05, 4.69) is 35.6 Å². The van der Waals surface area contributed by atoms with Gasteiger partial charge in [0.2, 0.25) is 0 Å². The Morgan fingerprint density at radius 1 is 1.15 bits per heavy atom. The van der Waals surface area contributed by atoms with Gasteiger partial charge in [-0.15, -0.1) is 11.8 Å². The third kappa shape index (κ3) is 4.27. The number of fused-ring (bicyclic) bond motifs is 1. The van der Waals surface area contributed by atoms with Crippen LogP contribution in [0, 0.1) is 5.92 Å². The highest BCUT2D eigenvalue weighted by molar-refractivity contribution is 7.99. The molecule has 2 atom stereocenters. The molecule has 0 bridgehead atoms. The lowest BCUT2D eigenvalue weighted by Crippen LogP contribution is -2.30. The van der Waals surface area contributed by atoms with Crippen LogP contribution in [-0.4, -0.2) is 30.9 Å². The molecule has 0 saturated carbocycles. The maximum atomic E-state index is 13.0. The molecule has 6 heteroatoms. The summed E-state index contributed by atoms with van der Waals surface area (Å²) in [7, 11) is 0. The largest absolute Gasteiger partial charge is 0.463 e. The van der Waals surface area contributed by atoms with E-state index in [4.69, 9.17) is 9.47 Å². The topological polar surface area (TPSA) is 64.6 Å². The summed E-state index contributed by atoms with van der Waals surface area (Å²) in [6.07, 6.45) is 3.38. The lowest BCUT2D eigenvalue weighted by atomic mass is 9.81. The summed E-state index contributed by atoms with van der Waals surface area (Å²) in [6, 6.07) is 16.8. The number of dihydropyridines is 1. The van der Waals surface area contributed by atoms with Crippen LogP contribution in [0.15, 0.2) is 76.0 Å². The molecule has 0 spiro atoms. The number of allylic oxidation sites excluding steroid dienone is 1. The first-order valence-electron chi connectivity index (χ1n) is 11.9. The van der Waals surface area contributed by atoms with E-state index in [1.165, 1.54) is 17.5 Å². The van der Waals surface area contributed by atoms with Crippen LogP contribution in [0.5, 0.6) is 0 Å². The van der Waals surface area contributed by atoms with Gasteiger partial charge in [0.25, 0.3) is 0 Å². The zero-order valence-corrected chi connectivity index (χ0v) is 20.4. The average molecular weight is 476 g/mol. The van der Waals surface area contributed by atoms with Crippen molar-refractivity contribution in [2.75, 3.05) is 19.0 Å². The van der Waals surface area contributed by atoms with Crippen LogP contribution in [0.1, 0.15) is 42.9 Å². The van der Waals surface area contributed by atoms with Crippen molar-refractivity contribution < 1.29 is 19.1 Å². The number of thioether (sulfide) groups is 1.